The minimum atomic E-state index is -0.573. The number of fused-ring (bicyclic) bond motifs is 1. The number of rotatable bonds is 5. The average molecular weight is 310 g/mol. The lowest BCUT2D eigenvalue weighted by molar-refractivity contribution is -0.143. The zero-order chi connectivity index (χ0) is 15.4. The maximum atomic E-state index is 12.4. The summed E-state index contributed by atoms with van der Waals surface area (Å²) in [6.45, 7) is 3.57. The predicted octanol–water partition coefficient (Wildman–Crippen LogP) is 1.20. The van der Waals surface area contributed by atoms with Crippen molar-refractivity contribution in [3.63, 3.8) is 0 Å². The lowest BCUT2D eigenvalue weighted by Crippen LogP contribution is -2.26. The molecule has 8 heteroatoms. The summed E-state index contributed by atoms with van der Waals surface area (Å²) in [5.74, 6) is -1.11. The first-order chi connectivity index (χ1) is 10.1. The Hall–Kier alpha value is -2.22. The van der Waals surface area contributed by atoms with Crippen LogP contribution < -0.4 is 5.56 Å². The quantitative estimate of drug-likeness (QED) is 0.771. The Labute approximate surface area is 124 Å². The molecule has 0 aliphatic heterocycles. The van der Waals surface area contributed by atoms with Crippen molar-refractivity contribution in [1.82, 2.24) is 9.55 Å². The van der Waals surface area contributed by atoms with Gasteiger partial charge in [-0.1, -0.05) is 0 Å². The molecule has 2 heterocycles. The molecular weight excluding hydrogens is 296 g/mol. The van der Waals surface area contributed by atoms with Gasteiger partial charge in [-0.2, -0.15) is 0 Å². The van der Waals surface area contributed by atoms with E-state index in [4.69, 9.17) is 9.47 Å². The summed E-state index contributed by atoms with van der Waals surface area (Å²) in [5.41, 5.74) is -0.287. The van der Waals surface area contributed by atoms with Crippen molar-refractivity contribution in [1.29, 1.82) is 0 Å². The second kappa shape index (κ2) is 6.49. The molecule has 0 saturated carbocycles. The van der Waals surface area contributed by atoms with Gasteiger partial charge in [0.1, 0.15) is 11.4 Å². The van der Waals surface area contributed by atoms with Crippen LogP contribution in [0.1, 0.15) is 24.2 Å². The molecule has 7 nitrogen and oxygen atoms in total. The van der Waals surface area contributed by atoms with Gasteiger partial charge in [-0.25, -0.2) is 9.78 Å². The van der Waals surface area contributed by atoms with Crippen LogP contribution in [0.2, 0.25) is 0 Å². The summed E-state index contributed by atoms with van der Waals surface area (Å²) in [4.78, 5) is 40.2. The van der Waals surface area contributed by atoms with Crippen molar-refractivity contribution in [3.05, 3.63) is 27.6 Å². The summed E-state index contributed by atoms with van der Waals surface area (Å²) >= 11 is 1.18. The molecule has 2 aromatic rings. The fourth-order valence-electron chi connectivity index (χ4n) is 1.78. The van der Waals surface area contributed by atoms with E-state index in [2.05, 4.69) is 4.98 Å². The topological polar surface area (TPSA) is 87.5 Å². The first-order valence-electron chi connectivity index (χ1n) is 6.37. The molecule has 0 N–H and O–H groups in total. The first kappa shape index (κ1) is 15.2. The van der Waals surface area contributed by atoms with E-state index in [0.29, 0.717) is 4.83 Å². The zero-order valence-corrected chi connectivity index (χ0v) is 12.4. The second-order valence-corrected chi connectivity index (χ2v) is 4.89. The van der Waals surface area contributed by atoms with Gasteiger partial charge in [0, 0.05) is 5.38 Å². The van der Waals surface area contributed by atoms with E-state index in [1.807, 2.05) is 0 Å². The Bertz CT molecular complexity index is 734. The Morgan fingerprint density at radius 2 is 2.00 bits per heavy atom. The largest absolute Gasteiger partial charge is 0.465 e. The molecule has 0 radical (unpaired) electrons. The molecule has 0 fully saturated rings. The minimum absolute atomic E-state index is 0.172. The third-order valence-corrected chi connectivity index (χ3v) is 3.55. The Balaban J connectivity index is 2.45. The van der Waals surface area contributed by atoms with E-state index in [9.17, 15) is 14.4 Å². The predicted molar refractivity (Wildman–Crippen MR) is 76.5 cm³/mol. The number of hydrogen-bond donors (Lipinski definition) is 0. The normalized spacial score (nSPS) is 10.6. The molecule has 0 atom stereocenters. The number of ether oxygens (including phenoxy) is 2. The van der Waals surface area contributed by atoms with Crippen molar-refractivity contribution >= 4 is 33.5 Å². The third kappa shape index (κ3) is 3.10. The van der Waals surface area contributed by atoms with Crippen molar-refractivity contribution in [3.8, 4) is 0 Å². The van der Waals surface area contributed by atoms with Gasteiger partial charge < -0.3 is 9.47 Å². The summed E-state index contributed by atoms with van der Waals surface area (Å²) < 4.78 is 10.8. The number of aromatic nitrogens is 2. The van der Waals surface area contributed by atoms with Crippen LogP contribution in [-0.4, -0.2) is 34.7 Å². The van der Waals surface area contributed by atoms with E-state index in [1.165, 1.54) is 23.0 Å². The smallest absolute Gasteiger partial charge is 0.339 e. The van der Waals surface area contributed by atoms with Gasteiger partial charge in [0.05, 0.1) is 30.5 Å². The van der Waals surface area contributed by atoms with Gasteiger partial charge in [0.2, 0.25) is 0 Å². The van der Waals surface area contributed by atoms with Crippen LogP contribution in [0.15, 0.2) is 16.5 Å². The van der Waals surface area contributed by atoms with Gasteiger partial charge in [-0.05, 0) is 13.8 Å². The van der Waals surface area contributed by atoms with Crippen molar-refractivity contribution in [2.75, 3.05) is 13.2 Å². The number of nitrogens with zero attached hydrogens (tertiary/aromatic N) is 2. The highest BCUT2D eigenvalue weighted by Crippen LogP contribution is 2.21. The number of carbonyl (C=O) groups is 2. The molecule has 0 spiro atoms. The van der Waals surface area contributed by atoms with Gasteiger partial charge in [-0.3, -0.25) is 14.2 Å². The van der Waals surface area contributed by atoms with E-state index >= 15 is 0 Å². The van der Waals surface area contributed by atoms with Crippen LogP contribution in [0.3, 0.4) is 0 Å². The molecule has 0 aliphatic carbocycles. The molecule has 2 rings (SSSR count). The molecular formula is C13H14N2O5S. The Morgan fingerprint density at radius 3 is 2.67 bits per heavy atom. The lowest BCUT2D eigenvalue weighted by atomic mass is 10.2. The van der Waals surface area contributed by atoms with Crippen LogP contribution in [0, 0.1) is 0 Å². The molecule has 0 aromatic carbocycles. The molecule has 0 amide bonds. The first-order valence-corrected chi connectivity index (χ1v) is 7.25. The average Bonchev–Trinajstić information content (AvgIpc) is 2.87. The van der Waals surface area contributed by atoms with E-state index in [1.54, 1.807) is 13.8 Å². The molecule has 0 aliphatic rings. The Morgan fingerprint density at radius 1 is 1.29 bits per heavy atom. The second-order valence-electron chi connectivity index (χ2n) is 4.03. The lowest BCUT2D eigenvalue weighted by Gasteiger charge is -2.05. The number of carbonyl (C=O) groups excluding carboxylic acids is 2. The minimum Gasteiger partial charge on any atom is -0.465 e. The summed E-state index contributed by atoms with van der Waals surface area (Å²) in [7, 11) is 0. The molecule has 0 saturated heterocycles. The highest BCUT2D eigenvalue weighted by molar-refractivity contribution is 7.17. The van der Waals surface area contributed by atoms with Gasteiger partial charge in [0.15, 0.2) is 0 Å². The van der Waals surface area contributed by atoms with Crippen LogP contribution in [0.4, 0.5) is 0 Å². The molecule has 112 valence electrons. The van der Waals surface area contributed by atoms with Crippen molar-refractivity contribution < 1.29 is 19.1 Å². The van der Waals surface area contributed by atoms with Crippen LogP contribution in [0.5, 0.6) is 0 Å². The summed E-state index contributed by atoms with van der Waals surface area (Å²) in [6.07, 6.45) is 1.27. The number of thiophene rings is 1. The Kier molecular flexibility index (Phi) is 4.69. The van der Waals surface area contributed by atoms with Gasteiger partial charge >= 0.3 is 11.9 Å². The van der Waals surface area contributed by atoms with Crippen LogP contribution in [-0.2, 0) is 20.8 Å². The SMILES string of the molecule is CCOC(=O)Cn1cnc2scc(C(=O)OCC)c2c1=O. The zero-order valence-electron chi connectivity index (χ0n) is 11.6. The van der Waals surface area contributed by atoms with Gasteiger partial charge in [-0.15, -0.1) is 11.3 Å². The van der Waals surface area contributed by atoms with E-state index < -0.39 is 17.5 Å². The maximum Gasteiger partial charge on any atom is 0.339 e. The van der Waals surface area contributed by atoms with Crippen molar-refractivity contribution in [2.45, 2.75) is 20.4 Å². The molecule has 21 heavy (non-hydrogen) atoms. The third-order valence-electron chi connectivity index (χ3n) is 2.66. The maximum absolute atomic E-state index is 12.4. The standard InChI is InChI=1S/C13H14N2O5S/c1-3-19-9(16)5-15-7-14-11-10(12(15)17)8(6-21-11)13(18)20-4-2/h6-7H,3-5H2,1-2H3. The highest BCUT2D eigenvalue weighted by Gasteiger charge is 2.19. The summed E-state index contributed by atoms with van der Waals surface area (Å²) in [6, 6.07) is 0. The van der Waals surface area contributed by atoms with Crippen LogP contribution >= 0.6 is 11.3 Å². The van der Waals surface area contributed by atoms with Crippen LogP contribution in [0.25, 0.3) is 10.2 Å². The van der Waals surface area contributed by atoms with Gasteiger partial charge in [0.25, 0.3) is 5.56 Å². The molecule has 0 bridgehead atoms. The number of esters is 2. The fraction of sp³-hybridized carbons (Fsp3) is 0.385. The summed E-state index contributed by atoms with van der Waals surface area (Å²) in [5, 5.41) is 1.71. The van der Waals surface area contributed by atoms with E-state index in [-0.39, 0.29) is 30.7 Å². The van der Waals surface area contributed by atoms with Crippen molar-refractivity contribution in [2.24, 2.45) is 0 Å². The van der Waals surface area contributed by atoms with E-state index in [0.717, 1.165) is 4.57 Å². The highest BCUT2D eigenvalue weighted by atomic mass is 32.1. The molecule has 2 aromatic heterocycles. The molecule has 0 unspecified atom stereocenters. The number of hydrogen-bond acceptors (Lipinski definition) is 7. The fourth-order valence-corrected chi connectivity index (χ4v) is 2.65. The monoisotopic (exact) mass is 310 g/mol.